The third kappa shape index (κ3) is 15.3. The predicted octanol–water partition coefficient (Wildman–Crippen LogP) is 0.0259. The quantitative estimate of drug-likeness (QED) is 0.340. The van der Waals surface area contributed by atoms with Gasteiger partial charge in [-0.2, -0.15) is 0 Å². The summed E-state index contributed by atoms with van der Waals surface area (Å²) in [5, 5.41) is 31.2. The summed E-state index contributed by atoms with van der Waals surface area (Å²) >= 11 is 0. The molecule has 0 radical (unpaired) electrons. The van der Waals surface area contributed by atoms with Gasteiger partial charge in [0.25, 0.3) is 0 Å². The van der Waals surface area contributed by atoms with E-state index in [1.54, 1.807) is 0 Å². The maximum absolute atomic E-state index is 10.8. The van der Waals surface area contributed by atoms with Crippen LogP contribution in [0.25, 0.3) is 0 Å². The fourth-order valence-corrected chi connectivity index (χ4v) is 2.57. The number of hydrogen-bond acceptors (Lipinski definition) is 7. The molecule has 0 atom stereocenters. The number of nitrogens with two attached hydrogens (primary N) is 1. The van der Waals surface area contributed by atoms with Crippen molar-refractivity contribution in [3.8, 4) is 0 Å². The van der Waals surface area contributed by atoms with Crippen molar-refractivity contribution in [1.29, 1.82) is 0 Å². The molecule has 0 bridgehead atoms. The average Bonchev–Trinajstić information content (AvgIpc) is 2.72. The number of amides is 1. The molecule has 180 valence electrons. The Kier molecular flexibility index (Phi) is 13.6. The standard InChI is InChI=1S/C13H19N3O.2C4H4O4/c1-11-4-2-3-5-12(11)16-8-6-15(7-9-16)10-13(14)17;2*5-3(6)1-2-4(7)8/h2-5H,6-10H2,1H3,(H2,14,17);2*1-2H,(H,5,6)(H,7,8). The molecule has 2 rings (SSSR count). The van der Waals surface area contributed by atoms with Crippen molar-refractivity contribution in [2.24, 2.45) is 5.73 Å². The Morgan fingerprint density at radius 3 is 1.52 bits per heavy atom. The number of carbonyl (C=O) groups is 5. The number of carboxylic acids is 4. The minimum absolute atomic E-state index is 0.241. The van der Waals surface area contributed by atoms with E-state index in [2.05, 4.69) is 41.0 Å². The molecular formula is C21H27N3O9. The van der Waals surface area contributed by atoms with Gasteiger partial charge in [0.05, 0.1) is 6.54 Å². The monoisotopic (exact) mass is 465 g/mol. The number of hydrogen-bond donors (Lipinski definition) is 5. The summed E-state index contributed by atoms with van der Waals surface area (Å²) in [7, 11) is 0. The normalized spacial score (nSPS) is 13.4. The van der Waals surface area contributed by atoms with Crippen LogP contribution in [0.4, 0.5) is 5.69 Å². The number of benzene rings is 1. The number of para-hydroxylation sites is 1. The summed E-state index contributed by atoms with van der Waals surface area (Å²) < 4.78 is 0. The topological polar surface area (TPSA) is 199 Å². The van der Waals surface area contributed by atoms with Crippen molar-refractivity contribution in [2.75, 3.05) is 37.6 Å². The Morgan fingerprint density at radius 1 is 0.788 bits per heavy atom. The third-order valence-electron chi connectivity index (χ3n) is 3.94. The van der Waals surface area contributed by atoms with Crippen LogP contribution in [0.5, 0.6) is 0 Å². The number of aliphatic carboxylic acids is 4. The molecule has 1 aromatic carbocycles. The number of primary amides is 1. The molecule has 0 aliphatic carbocycles. The largest absolute Gasteiger partial charge is 0.478 e. The van der Waals surface area contributed by atoms with Crippen LogP contribution in [-0.2, 0) is 24.0 Å². The van der Waals surface area contributed by atoms with Crippen molar-refractivity contribution < 1.29 is 44.4 Å². The molecule has 12 nitrogen and oxygen atoms in total. The van der Waals surface area contributed by atoms with E-state index in [0.29, 0.717) is 30.8 Å². The molecule has 0 saturated carbocycles. The Bertz CT molecular complexity index is 823. The first-order valence-corrected chi connectivity index (χ1v) is 9.51. The van der Waals surface area contributed by atoms with Crippen LogP contribution < -0.4 is 10.6 Å². The molecule has 1 heterocycles. The van der Waals surface area contributed by atoms with Crippen LogP contribution in [-0.4, -0.2) is 87.8 Å². The Hall–Kier alpha value is -4.19. The summed E-state index contributed by atoms with van der Waals surface area (Å²) in [5.41, 5.74) is 7.80. The Labute approximate surface area is 189 Å². The van der Waals surface area contributed by atoms with Crippen LogP contribution in [0.15, 0.2) is 48.6 Å². The van der Waals surface area contributed by atoms with Crippen LogP contribution >= 0.6 is 0 Å². The van der Waals surface area contributed by atoms with E-state index in [1.807, 2.05) is 0 Å². The summed E-state index contributed by atoms with van der Waals surface area (Å²) in [6.45, 7) is 6.22. The smallest absolute Gasteiger partial charge is 0.328 e. The molecule has 1 fully saturated rings. The van der Waals surface area contributed by atoms with Crippen LogP contribution in [0.3, 0.4) is 0 Å². The highest BCUT2D eigenvalue weighted by molar-refractivity contribution is 5.90. The van der Waals surface area contributed by atoms with Crippen LogP contribution in [0.1, 0.15) is 5.56 Å². The Balaban J connectivity index is 0.000000539. The number of carboxylic acid groups (broad SMARTS) is 4. The number of anilines is 1. The first kappa shape index (κ1) is 28.8. The van der Waals surface area contributed by atoms with Gasteiger partial charge in [-0.05, 0) is 18.6 Å². The van der Waals surface area contributed by atoms with E-state index >= 15 is 0 Å². The molecular weight excluding hydrogens is 438 g/mol. The second kappa shape index (κ2) is 15.6. The minimum Gasteiger partial charge on any atom is -0.478 e. The summed E-state index contributed by atoms with van der Waals surface area (Å²) in [6.07, 6.45) is 2.23. The lowest BCUT2D eigenvalue weighted by molar-refractivity contribution is -0.134. The van der Waals surface area contributed by atoms with Crippen molar-refractivity contribution >= 4 is 35.5 Å². The second-order valence-corrected chi connectivity index (χ2v) is 6.54. The van der Waals surface area contributed by atoms with E-state index in [4.69, 9.17) is 26.2 Å². The van der Waals surface area contributed by atoms with Gasteiger partial charge in [0.15, 0.2) is 0 Å². The minimum atomic E-state index is -1.26. The lowest BCUT2D eigenvalue weighted by Gasteiger charge is -2.36. The van der Waals surface area contributed by atoms with E-state index in [-0.39, 0.29) is 5.91 Å². The zero-order valence-electron chi connectivity index (χ0n) is 18.0. The zero-order chi connectivity index (χ0) is 25.4. The van der Waals surface area contributed by atoms with Crippen molar-refractivity contribution in [1.82, 2.24) is 4.90 Å². The van der Waals surface area contributed by atoms with E-state index in [0.717, 1.165) is 26.2 Å². The number of carbonyl (C=O) groups excluding carboxylic acids is 1. The number of rotatable bonds is 7. The highest BCUT2D eigenvalue weighted by Crippen LogP contribution is 2.20. The van der Waals surface area contributed by atoms with Gasteiger partial charge in [0.2, 0.25) is 5.91 Å². The van der Waals surface area contributed by atoms with Gasteiger partial charge in [-0.3, -0.25) is 9.69 Å². The highest BCUT2D eigenvalue weighted by atomic mass is 16.4. The molecule has 0 spiro atoms. The number of nitrogens with zero attached hydrogens (tertiary/aromatic N) is 2. The summed E-state index contributed by atoms with van der Waals surface area (Å²) in [6, 6.07) is 8.41. The predicted molar refractivity (Wildman–Crippen MR) is 118 cm³/mol. The van der Waals surface area contributed by atoms with Gasteiger partial charge >= 0.3 is 23.9 Å². The van der Waals surface area contributed by atoms with Crippen LogP contribution in [0, 0.1) is 6.92 Å². The molecule has 0 aromatic heterocycles. The SMILES string of the molecule is Cc1ccccc1N1CCN(CC(N)=O)CC1.O=C(O)C=CC(=O)O.O=C(O)C=CC(=O)O. The lowest BCUT2D eigenvalue weighted by atomic mass is 10.1. The molecule has 1 saturated heterocycles. The number of piperazine rings is 1. The van der Waals surface area contributed by atoms with Gasteiger partial charge in [0, 0.05) is 56.2 Å². The molecule has 6 N–H and O–H groups in total. The Morgan fingerprint density at radius 2 is 1.18 bits per heavy atom. The van der Waals surface area contributed by atoms with E-state index in [1.165, 1.54) is 11.3 Å². The first-order chi connectivity index (χ1) is 15.4. The molecule has 1 amide bonds. The average molecular weight is 465 g/mol. The molecule has 12 heteroatoms. The summed E-state index contributed by atoms with van der Waals surface area (Å²) in [5.74, 6) is -5.27. The van der Waals surface area contributed by atoms with Gasteiger partial charge in [-0.1, -0.05) is 18.2 Å². The van der Waals surface area contributed by atoms with Gasteiger partial charge in [-0.15, -0.1) is 0 Å². The third-order valence-corrected chi connectivity index (χ3v) is 3.94. The van der Waals surface area contributed by atoms with Crippen molar-refractivity contribution in [3.05, 3.63) is 54.1 Å². The number of aryl methyl sites for hydroxylation is 1. The molecule has 1 aliphatic heterocycles. The fraction of sp³-hybridized carbons (Fsp3) is 0.286. The van der Waals surface area contributed by atoms with Gasteiger partial charge in [0.1, 0.15) is 0 Å². The molecule has 1 aliphatic rings. The highest BCUT2D eigenvalue weighted by Gasteiger charge is 2.18. The maximum Gasteiger partial charge on any atom is 0.328 e. The zero-order valence-corrected chi connectivity index (χ0v) is 18.0. The van der Waals surface area contributed by atoms with E-state index < -0.39 is 23.9 Å². The van der Waals surface area contributed by atoms with Gasteiger partial charge in [-0.25, -0.2) is 19.2 Å². The van der Waals surface area contributed by atoms with Crippen LogP contribution in [0.2, 0.25) is 0 Å². The maximum atomic E-state index is 10.8. The molecule has 33 heavy (non-hydrogen) atoms. The van der Waals surface area contributed by atoms with E-state index in [9.17, 15) is 24.0 Å². The summed E-state index contributed by atoms with van der Waals surface area (Å²) in [4.78, 5) is 53.5. The van der Waals surface area contributed by atoms with Crippen molar-refractivity contribution in [2.45, 2.75) is 6.92 Å². The molecule has 1 aromatic rings. The second-order valence-electron chi connectivity index (χ2n) is 6.54. The molecule has 0 unspecified atom stereocenters. The first-order valence-electron chi connectivity index (χ1n) is 9.51. The fourth-order valence-electron chi connectivity index (χ4n) is 2.57. The lowest BCUT2D eigenvalue weighted by Crippen LogP contribution is -2.49. The van der Waals surface area contributed by atoms with Gasteiger partial charge < -0.3 is 31.1 Å². The van der Waals surface area contributed by atoms with Crippen molar-refractivity contribution in [3.63, 3.8) is 0 Å².